The molecule has 1 heterocycles. The number of rotatable bonds is 5. The van der Waals surface area contributed by atoms with Crippen molar-refractivity contribution in [1.82, 2.24) is 9.78 Å². The highest BCUT2D eigenvalue weighted by Gasteiger charge is 2.39. The molecule has 4 rings (SSSR count). The largest absolute Gasteiger partial charge is 0.382 e. The lowest BCUT2D eigenvalue weighted by Crippen LogP contribution is -2.26. The number of anilines is 1. The molecule has 1 N–H and O–H groups in total. The molecule has 3 aliphatic rings. The Hall–Kier alpha value is -0.840. The van der Waals surface area contributed by atoms with Gasteiger partial charge in [0.25, 0.3) is 5.56 Å². The van der Waals surface area contributed by atoms with Crippen LogP contribution in [0.5, 0.6) is 0 Å². The van der Waals surface area contributed by atoms with Gasteiger partial charge in [0.15, 0.2) is 0 Å². The van der Waals surface area contributed by atoms with E-state index in [0.29, 0.717) is 10.4 Å². The van der Waals surface area contributed by atoms with Crippen molar-refractivity contribution in [3.05, 3.63) is 21.0 Å². The third-order valence-corrected chi connectivity index (χ3v) is 6.32. The molecule has 3 fully saturated rings. The molecule has 0 radical (unpaired) electrons. The summed E-state index contributed by atoms with van der Waals surface area (Å²) in [5.41, 5.74) is 0.856. The lowest BCUT2D eigenvalue weighted by molar-refractivity contribution is 0.348. The summed E-state index contributed by atoms with van der Waals surface area (Å²) >= 11 is 3.46. The van der Waals surface area contributed by atoms with Crippen LogP contribution in [0.15, 0.2) is 15.5 Å². The summed E-state index contributed by atoms with van der Waals surface area (Å²) in [5.74, 6) is 3.32. The van der Waals surface area contributed by atoms with Gasteiger partial charge in [-0.1, -0.05) is 6.42 Å². The SMILES string of the molecule is O=c1c(Br)c(NCC2CC3CCC2C3)cnn1CC1CC1. The zero-order valence-corrected chi connectivity index (χ0v) is 13.8. The zero-order valence-electron chi connectivity index (χ0n) is 12.2. The number of nitrogens with one attached hydrogen (secondary N) is 1. The van der Waals surface area contributed by atoms with Gasteiger partial charge in [-0.05, 0) is 71.7 Å². The predicted molar refractivity (Wildman–Crippen MR) is 86.3 cm³/mol. The second kappa shape index (κ2) is 5.41. The van der Waals surface area contributed by atoms with Gasteiger partial charge in [-0.25, -0.2) is 4.68 Å². The standard InChI is InChI=1S/C16H22BrN3O/c17-15-14(8-19-20(16(15)21)9-10-1-2-10)18-7-13-6-11-3-4-12(13)5-11/h8,10-13,18H,1-7,9H2. The van der Waals surface area contributed by atoms with E-state index in [1.165, 1.54) is 38.5 Å². The van der Waals surface area contributed by atoms with Crippen LogP contribution in [0.4, 0.5) is 5.69 Å². The summed E-state index contributed by atoms with van der Waals surface area (Å²) in [6, 6.07) is 0. The van der Waals surface area contributed by atoms with Crippen LogP contribution in [0.3, 0.4) is 0 Å². The van der Waals surface area contributed by atoms with Crippen molar-refractivity contribution in [1.29, 1.82) is 0 Å². The summed E-state index contributed by atoms with van der Waals surface area (Å²) in [6.45, 7) is 1.75. The van der Waals surface area contributed by atoms with Crippen LogP contribution in [0, 0.1) is 23.7 Å². The minimum Gasteiger partial charge on any atom is -0.382 e. The summed E-state index contributed by atoms with van der Waals surface area (Å²) in [7, 11) is 0. The molecule has 0 aliphatic heterocycles. The van der Waals surface area contributed by atoms with E-state index in [9.17, 15) is 4.79 Å². The maximum Gasteiger partial charge on any atom is 0.283 e. The molecule has 1 aromatic rings. The Kier molecular flexibility index (Phi) is 3.56. The van der Waals surface area contributed by atoms with E-state index in [2.05, 4.69) is 26.3 Å². The Bertz CT molecular complexity index is 596. The molecule has 0 amide bonds. The Morgan fingerprint density at radius 2 is 2.14 bits per heavy atom. The summed E-state index contributed by atoms with van der Waals surface area (Å²) in [4.78, 5) is 12.3. The highest BCUT2D eigenvalue weighted by molar-refractivity contribution is 9.10. The van der Waals surface area contributed by atoms with Crippen LogP contribution in [-0.2, 0) is 6.54 Å². The summed E-state index contributed by atoms with van der Waals surface area (Å²) in [6.07, 6.45) is 9.90. The number of fused-ring (bicyclic) bond motifs is 2. The maximum absolute atomic E-state index is 12.3. The molecule has 1 aromatic heterocycles. The normalized spacial score (nSPS) is 30.8. The molecule has 2 bridgehead atoms. The Labute approximate surface area is 133 Å². The fourth-order valence-corrected chi connectivity index (χ4v) is 4.58. The first-order valence-corrected chi connectivity index (χ1v) is 8.99. The van der Waals surface area contributed by atoms with Crippen molar-refractivity contribution in [3.8, 4) is 0 Å². The molecule has 21 heavy (non-hydrogen) atoms. The monoisotopic (exact) mass is 351 g/mol. The highest BCUT2D eigenvalue weighted by atomic mass is 79.9. The molecule has 0 spiro atoms. The summed E-state index contributed by atoms with van der Waals surface area (Å²) in [5, 5.41) is 7.78. The van der Waals surface area contributed by atoms with Gasteiger partial charge in [0.1, 0.15) is 4.47 Å². The van der Waals surface area contributed by atoms with E-state index in [1.54, 1.807) is 10.9 Å². The highest BCUT2D eigenvalue weighted by Crippen LogP contribution is 2.48. The fraction of sp³-hybridized carbons (Fsp3) is 0.750. The van der Waals surface area contributed by atoms with E-state index in [-0.39, 0.29) is 5.56 Å². The number of halogens is 1. The van der Waals surface area contributed by atoms with Crippen molar-refractivity contribution in [2.45, 2.75) is 45.1 Å². The molecule has 4 nitrogen and oxygen atoms in total. The topological polar surface area (TPSA) is 46.9 Å². The molecule has 0 aromatic carbocycles. The van der Waals surface area contributed by atoms with E-state index in [1.807, 2.05) is 0 Å². The predicted octanol–water partition coefficient (Wildman–Crippen LogP) is 3.26. The Morgan fingerprint density at radius 1 is 1.29 bits per heavy atom. The van der Waals surface area contributed by atoms with Gasteiger partial charge in [-0.15, -0.1) is 0 Å². The summed E-state index contributed by atoms with van der Waals surface area (Å²) < 4.78 is 2.24. The van der Waals surface area contributed by atoms with Crippen molar-refractivity contribution < 1.29 is 0 Å². The van der Waals surface area contributed by atoms with Gasteiger partial charge in [0, 0.05) is 13.1 Å². The number of aromatic nitrogens is 2. The van der Waals surface area contributed by atoms with Gasteiger partial charge >= 0.3 is 0 Å². The average molecular weight is 352 g/mol. The van der Waals surface area contributed by atoms with E-state index < -0.39 is 0 Å². The molecule has 5 heteroatoms. The van der Waals surface area contributed by atoms with Crippen LogP contribution in [0.25, 0.3) is 0 Å². The van der Waals surface area contributed by atoms with Crippen molar-refractivity contribution in [3.63, 3.8) is 0 Å². The molecular weight excluding hydrogens is 330 g/mol. The molecule has 3 aliphatic carbocycles. The molecule has 3 saturated carbocycles. The number of nitrogens with zero attached hydrogens (tertiary/aromatic N) is 2. The van der Waals surface area contributed by atoms with Gasteiger partial charge in [0.2, 0.25) is 0 Å². The average Bonchev–Trinajstić information content (AvgIpc) is 3.05. The van der Waals surface area contributed by atoms with Crippen molar-refractivity contribution in [2.24, 2.45) is 23.7 Å². The van der Waals surface area contributed by atoms with Crippen LogP contribution in [0.1, 0.15) is 38.5 Å². The lowest BCUT2D eigenvalue weighted by Gasteiger charge is -2.22. The quantitative estimate of drug-likeness (QED) is 0.885. The van der Waals surface area contributed by atoms with Gasteiger partial charge < -0.3 is 5.32 Å². The smallest absolute Gasteiger partial charge is 0.283 e. The first kappa shape index (κ1) is 13.8. The van der Waals surface area contributed by atoms with Gasteiger partial charge in [-0.2, -0.15) is 5.10 Å². The van der Waals surface area contributed by atoms with Crippen LogP contribution < -0.4 is 10.9 Å². The zero-order chi connectivity index (χ0) is 14.4. The van der Waals surface area contributed by atoms with Crippen LogP contribution in [-0.4, -0.2) is 16.3 Å². The minimum absolute atomic E-state index is 0.000146. The molecule has 3 unspecified atom stereocenters. The Morgan fingerprint density at radius 3 is 2.81 bits per heavy atom. The number of hydrogen-bond acceptors (Lipinski definition) is 3. The number of hydrogen-bond donors (Lipinski definition) is 1. The third-order valence-electron chi connectivity index (χ3n) is 5.55. The maximum atomic E-state index is 12.3. The first-order valence-electron chi connectivity index (χ1n) is 8.20. The van der Waals surface area contributed by atoms with Crippen LogP contribution >= 0.6 is 15.9 Å². The van der Waals surface area contributed by atoms with E-state index in [4.69, 9.17) is 0 Å². The van der Waals surface area contributed by atoms with E-state index in [0.717, 1.165) is 36.5 Å². The second-order valence-electron chi connectivity index (χ2n) is 7.12. The van der Waals surface area contributed by atoms with E-state index >= 15 is 0 Å². The molecule has 0 saturated heterocycles. The fourth-order valence-electron chi connectivity index (χ4n) is 4.13. The minimum atomic E-state index is -0.000146. The second-order valence-corrected chi connectivity index (χ2v) is 7.91. The van der Waals surface area contributed by atoms with Crippen molar-refractivity contribution in [2.75, 3.05) is 11.9 Å². The molecular formula is C16H22BrN3O. The first-order chi connectivity index (χ1) is 10.2. The Balaban J connectivity index is 1.42. The van der Waals surface area contributed by atoms with Crippen LogP contribution in [0.2, 0.25) is 0 Å². The van der Waals surface area contributed by atoms with Gasteiger partial charge in [0.05, 0.1) is 11.9 Å². The third kappa shape index (κ3) is 2.77. The van der Waals surface area contributed by atoms with Gasteiger partial charge in [-0.3, -0.25) is 4.79 Å². The molecule has 3 atom stereocenters. The van der Waals surface area contributed by atoms with Crippen molar-refractivity contribution >= 4 is 21.6 Å². The lowest BCUT2D eigenvalue weighted by atomic mass is 9.89. The molecule has 114 valence electrons.